The third-order valence-electron chi connectivity index (χ3n) is 6.58. The lowest BCUT2D eigenvalue weighted by Gasteiger charge is -2.34. The number of nitrogens with one attached hydrogen (secondary N) is 2. The molecule has 12 heteroatoms. The van der Waals surface area contributed by atoms with Gasteiger partial charge in [0.15, 0.2) is 0 Å². The second-order valence-corrected chi connectivity index (χ2v) is 10.1. The molecule has 0 saturated carbocycles. The van der Waals surface area contributed by atoms with Gasteiger partial charge in [-0.3, -0.25) is 15.0 Å². The Hall–Kier alpha value is -2.80. The number of hydrogen-bond acceptors (Lipinski definition) is 8. The number of hydrogen-bond donors (Lipinski definition) is 4. The highest BCUT2D eigenvalue weighted by molar-refractivity contribution is 7.11. The van der Waals surface area contributed by atoms with Gasteiger partial charge in [-0.2, -0.15) is 4.37 Å². The van der Waals surface area contributed by atoms with Crippen molar-refractivity contribution in [1.82, 2.24) is 19.5 Å². The van der Waals surface area contributed by atoms with E-state index in [0.717, 1.165) is 76.5 Å². The lowest BCUT2D eigenvalue weighted by Crippen LogP contribution is -2.47. The molecule has 210 valence electrons. The molecule has 5 N–H and O–H groups in total. The van der Waals surface area contributed by atoms with E-state index in [-0.39, 0.29) is 29.7 Å². The normalized spacial score (nSPS) is 14.4. The monoisotopic (exact) mass is 550 g/mol. The predicted octanol–water partition coefficient (Wildman–Crippen LogP) is 2.97. The van der Waals surface area contributed by atoms with Crippen molar-refractivity contribution in [3.63, 3.8) is 0 Å². The van der Waals surface area contributed by atoms with Gasteiger partial charge in [-0.25, -0.2) is 9.18 Å². The number of aromatic nitrogens is 1. The zero-order chi connectivity index (χ0) is 27.2. The average molecular weight is 551 g/mol. The van der Waals surface area contributed by atoms with Gasteiger partial charge in [0, 0.05) is 39.3 Å². The lowest BCUT2D eigenvalue weighted by molar-refractivity contribution is 0.0996. The molecular formula is C26H39FN6O4S. The molecule has 0 radical (unpaired) electrons. The minimum absolute atomic E-state index is 0.00214. The number of primary amides is 1. The first-order chi connectivity index (χ1) is 18.5. The van der Waals surface area contributed by atoms with Crippen LogP contribution in [0.5, 0.6) is 5.88 Å². The number of unbranched alkanes of at least 4 members (excludes halogenated alkanes) is 4. The highest BCUT2D eigenvalue weighted by Gasteiger charge is 2.22. The van der Waals surface area contributed by atoms with Gasteiger partial charge in [0.05, 0.1) is 6.61 Å². The number of amides is 3. The van der Waals surface area contributed by atoms with E-state index in [0.29, 0.717) is 17.7 Å². The van der Waals surface area contributed by atoms with Gasteiger partial charge < -0.3 is 25.8 Å². The highest BCUT2D eigenvalue weighted by Crippen LogP contribution is 2.31. The Morgan fingerprint density at radius 3 is 2.37 bits per heavy atom. The molecule has 0 aliphatic carbocycles. The maximum absolute atomic E-state index is 13.2. The lowest BCUT2D eigenvalue weighted by atomic mass is 10.1. The second-order valence-electron chi connectivity index (χ2n) is 9.30. The minimum Gasteiger partial charge on any atom is -0.472 e. The molecule has 0 unspecified atom stereocenters. The van der Waals surface area contributed by atoms with E-state index in [2.05, 4.69) is 24.8 Å². The standard InChI is InChI=1S/C26H39FN6O4S/c27-18-20-8-4-5-9-21(20)19-37-24-22(23(28)35)25(38-31-24)30-26(36)29-10-6-2-1-3-7-11-32-12-14-33(15-13-32)16-17-34/h4-5,8-9,34H,1-3,6-7,10-19H2,(H2,28,35)(H2,29,30,36). The molecule has 0 spiro atoms. The van der Waals surface area contributed by atoms with E-state index in [1.165, 1.54) is 6.42 Å². The summed E-state index contributed by atoms with van der Waals surface area (Å²) in [6.45, 7) is 6.21. The van der Waals surface area contributed by atoms with Crippen LogP contribution < -0.4 is 21.1 Å². The molecule has 0 atom stereocenters. The number of alkyl halides is 1. The van der Waals surface area contributed by atoms with E-state index in [1.54, 1.807) is 24.3 Å². The molecule has 1 aliphatic rings. The molecule has 1 fully saturated rings. The molecule has 1 saturated heterocycles. The largest absolute Gasteiger partial charge is 0.472 e. The molecule has 0 bridgehead atoms. The second kappa shape index (κ2) is 16.2. The number of carbonyl (C=O) groups excluding carboxylic acids is 2. The van der Waals surface area contributed by atoms with E-state index < -0.39 is 18.6 Å². The van der Waals surface area contributed by atoms with Gasteiger partial charge >= 0.3 is 6.03 Å². The zero-order valence-electron chi connectivity index (χ0n) is 21.8. The molecule has 2 heterocycles. The molecule has 2 aromatic rings. The van der Waals surface area contributed by atoms with Crippen molar-refractivity contribution < 1.29 is 23.8 Å². The number of nitrogens with two attached hydrogens (primary N) is 1. The highest BCUT2D eigenvalue weighted by atomic mass is 32.1. The number of urea groups is 1. The number of anilines is 1. The first kappa shape index (κ1) is 29.8. The Bertz CT molecular complexity index is 1020. The van der Waals surface area contributed by atoms with Gasteiger partial charge in [0.1, 0.15) is 23.8 Å². The fraction of sp³-hybridized carbons (Fsp3) is 0.577. The number of benzene rings is 1. The summed E-state index contributed by atoms with van der Waals surface area (Å²) in [5.41, 5.74) is 6.64. The first-order valence-corrected chi connectivity index (χ1v) is 13.9. The van der Waals surface area contributed by atoms with Crippen molar-refractivity contribution in [3.05, 3.63) is 41.0 Å². The molecule has 1 aromatic heterocycles. The summed E-state index contributed by atoms with van der Waals surface area (Å²) in [6.07, 6.45) is 5.32. The summed E-state index contributed by atoms with van der Waals surface area (Å²) < 4.78 is 22.9. The fourth-order valence-electron chi connectivity index (χ4n) is 4.37. The van der Waals surface area contributed by atoms with Crippen LogP contribution in [-0.2, 0) is 13.3 Å². The molecule has 3 amide bonds. The van der Waals surface area contributed by atoms with Crippen molar-refractivity contribution in [1.29, 1.82) is 0 Å². The first-order valence-electron chi connectivity index (χ1n) is 13.2. The van der Waals surface area contributed by atoms with Crippen LogP contribution in [0.3, 0.4) is 0 Å². The Morgan fingerprint density at radius 2 is 1.68 bits per heavy atom. The van der Waals surface area contributed by atoms with E-state index in [4.69, 9.17) is 15.6 Å². The van der Waals surface area contributed by atoms with Gasteiger partial charge in [-0.1, -0.05) is 43.5 Å². The predicted molar refractivity (Wildman–Crippen MR) is 146 cm³/mol. The van der Waals surface area contributed by atoms with Crippen LogP contribution in [-0.4, -0.2) is 83.6 Å². The van der Waals surface area contributed by atoms with E-state index >= 15 is 0 Å². The third-order valence-corrected chi connectivity index (χ3v) is 7.32. The van der Waals surface area contributed by atoms with Crippen molar-refractivity contribution in [2.24, 2.45) is 5.73 Å². The molecule has 1 aliphatic heterocycles. The third kappa shape index (κ3) is 9.50. The number of aliphatic hydroxyl groups is 1. The number of halogens is 1. The molecule has 10 nitrogen and oxygen atoms in total. The number of ether oxygens (including phenoxy) is 1. The van der Waals surface area contributed by atoms with Gasteiger partial charge in [-0.15, -0.1) is 0 Å². The van der Waals surface area contributed by atoms with Crippen LogP contribution in [0, 0.1) is 0 Å². The summed E-state index contributed by atoms with van der Waals surface area (Å²) >= 11 is 0.905. The average Bonchev–Trinajstić information content (AvgIpc) is 3.32. The number of aliphatic hydroxyl groups excluding tert-OH is 1. The maximum atomic E-state index is 13.2. The number of β-amino-alcohol motifs (C(OH)–C–C–N with tert-alkyl or cyclic N) is 1. The number of carbonyl (C=O) groups is 2. The van der Waals surface area contributed by atoms with Crippen LogP contribution in [0.2, 0.25) is 0 Å². The van der Waals surface area contributed by atoms with E-state index in [1.807, 2.05) is 0 Å². The maximum Gasteiger partial charge on any atom is 0.319 e. The Labute approximate surface area is 227 Å². The molecule has 1 aromatic carbocycles. The van der Waals surface area contributed by atoms with Crippen molar-refractivity contribution in [2.45, 2.75) is 45.4 Å². The zero-order valence-corrected chi connectivity index (χ0v) is 22.6. The Balaban J connectivity index is 1.31. The SMILES string of the molecule is NC(=O)c1c(OCc2ccccc2CF)nsc1NC(=O)NCCCCCCCN1CCN(CCO)CC1. The summed E-state index contributed by atoms with van der Waals surface area (Å²) in [7, 11) is 0. The summed E-state index contributed by atoms with van der Waals surface area (Å²) in [5.74, 6) is -0.756. The summed E-state index contributed by atoms with van der Waals surface area (Å²) in [4.78, 5) is 29.1. The topological polar surface area (TPSA) is 133 Å². The Morgan fingerprint density at radius 1 is 1.03 bits per heavy atom. The van der Waals surface area contributed by atoms with Crippen molar-refractivity contribution in [3.8, 4) is 5.88 Å². The Kier molecular flexibility index (Phi) is 12.7. The molecular weight excluding hydrogens is 511 g/mol. The summed E-state index contributed by atoms with van der Waals surface area (Å²) in [5, 5.41) is 14.7. The fourth-order valence-corrected chi connectivity index (χ4v) is 5.11. The number of nitrogens with zero attached hydrogens (tertiary/aromatic N) is 3. The summed E-state index contributed by atoms with van der Waals surface area (Å²) in [6, 6.07) is 6.47. The molecule has 3 rings (SSSR count). The van der Waals surface area contributed by atoms with Gasteiger partial charge in [0.25, 0.3) is 5.91 Å². The van der Waals surface area contributed by atoms with Crippen molar-refractivity contribution in [2.75, 3.05) is 57.7 Å². The van der Waals surface area contributed by atoms with Crippen LogP contribution in [0.1, 0.15) is 53.6 Å². The number of piperazine rings is 1. The smallest absolute Gasteiger partial charge is 0.319 e. The van der Waals surface area contributed by atoms with Crippen LogP contribution in [0.4, 0.5) is 14.2 Å². The molecule has 38 heavy (non-hydrogen) atoms. The van der Waals surface area contributed by atoms with Crippen LogP contribution in [0.15, 0.2) is 24.3 Å². The van der Waals surface area contributed by atoms with Crippen molar-refractivity contribution >= 4 is 28.5 Å². The van der Waals surface area contributed by atoms with E-state index in [9.17, 15) is 14.0 Å². The van der Waals surface area contributed by atoms with Crippen LogP contribution >= 0.6 is 11.5 Å². The van der Waals surface area contributed by atoms with Gasteiger partial charge in [-0.05, 0) is 42.0 Å². The van der Waals surface area contributed by atoms with Gasteiger partial charge in [0.2, 0.25) is 5.88 Å². The number of rotatable bonds is 16. The van der Waals surface area contributed by atoms with Crippen LogP contribution in [0.25, 0.3) is 0 Å². The quantitative estimate of drug-likeness (QED) is 0.236. The minimum atomic E-state index is -0.769.